The summed E-state index contributed by atoms with van der Waals surface area (Å²) in [6.45, 7) is 0.731. The van der Waals surface area contributed by atoms with Crippen LogP contribution in [0.15, 0.2) is 24.3 Å². The van der Waals surface area contributed by atoms with Crippen LogP contribution in [0.1, 0.15) is 24.8 Å². The van der Waals surface area contributed by atoms with Crippen LogP contribution in [-0.4, -0.2) is 25.5 Å². The predicted octanol–water partition coefficient (Wildman–Crippen LogP) is 1.51. The van der Waals surface area contributed by atoms with Gasteiger partial charge >= 0.3 is 0 Å². The maximum absolute atomic E-state index is 11.5. The Morgan fingerprint density at radius 1 is 1.37 bits per heavy atom. The second-order valence-electron chi connectivity index (χ2n) is 5.18. The molecule has 1 fully saturated rings. The highest BCUT2D eigenvalue weighted by atomic mass is 16.1. The minimum absolute atomic E-state index is 0.0380. The van der Waals surface area contributed by atoms with Crippen molar-refractivity contribution in [1.82, 2.24) is 5.32 Å². The number of para-hydroxylation sites is 1. The average molecular weight is 261 g/mol. The van der Waals surface area contributed by atoms with Crippen molar-refractivity contribution in [3.63, 3.8) is 0 Å². The molecule has 0 bridgehead atoms. The van der Waals surface area contributed by atoms with Gasteiger partial charge in [-0.25, -0.2) is 0 Å². The van der Waals surface area contributed by atoms with Crippen molar-refractivity contribution >= 4 is 11.6 Å². The number of nitrogens with two attached hydrogens (primary N) is 1. The van der Waals surface area contributed by atoms with E-state index in [9.17, 15) is 4.79 Å². The normalized spacial score (nSPS) is 22.2. The number of benzene rings is 1. The van der Waals surface area contributed by atoms with E-state index in [1.54, 1.807) is 7.05 Å². The lowest BCUT2D eigenvalue weighted by Gasteiger charge is -2.22. The Hall–Kier alpha value is -1.55. The number of rotatable bonds is 5. The van der Waals surface area contributed by atoms with Crippen LogP contribution >= 0.6 is 0 Å². The number of nitrogens with one attached hydrogen (secondary N) is 2. The van der Waals surface area contributed by atoms with Gasteiger partial charge < -0.3 is 16.4 Å². The number of amides is 1. The fraction of sp³-hybridized carbons (Fsp3) is 0.533. The van der Waals surface area contributed by atoms with Crippen molar-refractivity contribution in [2.45, 2.75) is 31.7 Å². The lowest BCUT2D eigenvalue weighted by molar-refractivity contribution is -0.119. The Morgan fingerprint density at radius 2 is 2.16 bits per heavy atom. The standard InChI is InChI=1S/C15H23N3O/c1-17-15(19)9-11-5-2-3-7-13(11)18-14-8-4-6-12(14)10-16/h2-3,5,7,12,14,18H,4,6,8-10,16H2,1H3,(H,17,19). The molecule has 1 saturated carbocycles. The lowest BCUT2D eigenvalue weighted by Crippen LogP contribution is -2.30. The zero-order valence-corrected chi connectivity index (χ0v) is 11.5. The molecule has 4 nitrogen and oxygen atoms in total. The quantitative estimate of drug-likeness (QED) is 0.752. The summed E-state index contributed by atoms with van der Waals surface area (Å²) in [5.74, 6) is 0.587. The van der Waals surface area contributed by atoms with Gasteiger partial charge in [-0.05, 0) is 36.9 Å². The Bertz CT molecular complexity index is 433. The molecule has 0 aliphatic heterocycles. The Balaban J connectivity index is 2.09. The molecule has 104 valence electrons. The van der Waals surface area contributed by atoms with E-state index in [1.807, 2.05) is 24.3 Å². The van der Waals surface area contributed by atoms with Gasteiger partial charge in [0.2, 0.25) is 5.91 Å². The molecule has 2 unspecified atom stereocenters. The van der Waals surface area contributed by atoms with Gasteiger partial charge in [0.05, 0.1) is 6.42 Å². The second-order valence-corrected chi connectivity index (χ2v) is 5.18. The van der Waals surface area contributed by atoms with Gasteiger partial charge in [0.25, 0.3) is 0 Å². The molecule has 2 rings (SSSR count). The summed E-state index contributed by atoms with van der Waals surface area (Å²) < 4.78 is 0. The molecule has 0 aromatic heterocycles. The third-order valence-corrected chi connectivity index (χ3v) is 3.95. The average Bonchev–Trinajstić information content (AvgIpc) is 2.88. The van der Waals surface area contributed by atoms with Crippen LogP contribution < -0.4 is 16.4 Å². The highest BCUT2D eigenvalue weighted by molar-refractivity contribution is 5.80. The third-order valence-electron chi connectivity index (χ3n) is 3.95. The van der Waals surface area contributed by atoms with Crippen LogP contribution in [0.5, 0.6) is 0 Å². The van der Waals surface area contributed by atoms with Gasteiger partial charge in [-0.15, -0.1) is 0 Å². The van der Waals surface area contributed by atoms with Crippen LogP contribution in [0.3, 0.4) is 0 Å². The molecule has 1 aromatic rings. The maximum Gasteiger partial charge on any atom is 0.224 e. The first-order valence-corrected chi connectivity index (χ1v) is 6.99. The van der Waals surface area contributed by atoms with Crippen LogP contribution in [0.2, 0.25) is 0 Å². The third kappa shape index (κ3) is 3.47. The summed E-state index contributed by atoms with van der Waals surface area (Å²) in [4.78, 5) is 11.5. The van der Waals surface area contributed by atoms with Crippen LogP contribution in [0.4, 0.5) is 5.69 Å². The molecule has 4 heteroatoms. The fourth-order valence-electron chi connectivity index (χ4n) is 2.79. The molecule has 1 aromatic carbocycles. The molecule has 2 atom stereocenters. The predicted molar refractivity (Wildman–Crippen MR) is 78.0 cm³/mol. The Labute approximate surface area is 114 Å². The summed E-state index contributed by atoms with van der Waals surface area (Å²) in [6, 6.07) is 8.46. The van der Waals surface area contributed by atoms with Gasteiger partial charge in [0.1, 0.15) is 0 Å². The van der Waals surface area contributed by atoms with Crippen molar-refractivity contribution in [3.8, 4) is 0 Å². The topological polar surface area (TPSA) is 67.2 Å². The van der Waals surface area contributed by atoms with Crippen LogP contribution in [0, 0.1) is 5.92 Å². The van der Waals surface area contributed by atoms with Crippen molar-refractivity contribution in [2.24, 2.45) is 11.7 Å². The van der Waals surface area contributed by atoms with Crippen LogP contribution in [0.25, 0.3) is 0 Å². The summed E-state index contributed by atoms with van der Waals surface area (Å²) in [6.07, 6.45) is 4.01. The second kappa shape index (κ2) is 6.57. The first kappa shape index (κ1) is 13.9. The van der Waals surface area contributed by atoms with Crippen molar-refractivity contribution in [3.05, 3.63) is 29.8 Å². The molecular formula is C15H23N3O. The molecule has 1 aliphatic carbocycles. The number of likely N-dealkylation sites (N-methyl/N-ethyl adjacent to an activating group) is 1. The number of anilines is 1. The number of hydrogen-bond acceptors (Lipinski definition) is 3. The van der Waals surface area contributed by atoms with Crippen molar-refractivity contribution in [1.29, 1.82) is 0 Å². The Kier molecular flexibility index (Phi) is 4.80. The maximum atomic E-state index is 11.5. The highest BCUT2D eigenvalue weighted by Gasteiger charge is 2.26. The lowest BCUT2D eigenvalue weighted by atomic mass is 10.0. The number of carbonyl (C=O) groups is 1. The summed E-state index contributed by atoms with van der Waals surface area (Å²) >= 11 is 0. The van der Waals surface area contributed by atoms with E-state index < -0.39 is 0 Å². The van der Waals surface area contributed by atoms with Crippen molar-refractivity contribution < 1.29 is 4.79 Å². The van der Waals surface area contributed by atoms with Gasteiger partial charge in [0.15, 0.2) is 0 Å². The van der Waals surface area contributed by atoms with Crippen LogP contribution in [-0.2, 0) is 11.2 Å². The summed E-state index contributed by atoms with van der Waals surface area (Å²) in [7, 11) is 1.67. The van der Waals surface area contributed by atoms with E-state index in [4.69, 9.17) is 5.73 Å². The Morgan fingerprint density at radius 3 is 2.89 bits per heavy atom. The molecule has 0 heterocycles. The number of hydrogen-bond donors (Lipinski definition) is 3. The largest absolute Gasteiger partial charge is 0.382 e. The molecule has 0 radical (unpaired) electrons. The summed E-state index contributed by atoms with van der Waals surface area (Å²) in [5, 5.41) is 6.25. The van der Waals surface area contributed by atoms with Gasteiger partial charge in [-0.2, -0.15) is 0 Å². The molecule has 0 saturated heterocycles. The minimum atomic E-state index is 0.0380. The smallest absolute Gasteiger partial charge is 0.224 e. The first-order valence-electron chi connectivity index (χ1n) is 6.99. The first-order chi connectivity index (χ1) is 9.24. The van der Waals surface area contributed by atoms with E-state index in [0.717, 1.165) is 24.2 Å². The minimum Gasteiger partial charge on any atom is -0.382 e. The SMILES string of the molecule is CNC(=O)Cc1ccccc1NC1CCCC1CN. The van der Waals surface area contributed by atoms with E-state index in [-0.39, 0.29) is 5.91 Å². The van der Waals surface area contributed by atoms with Gasteiger partial charge in [0, 0.05) is 18.8 Å². The highest BCUT2D eigenvalue weighted by Crippen LogP contribution is 2.29. The van der Waals surface area contributed by atoms with Gasteiger partial charge in [-0.1, -0.05) is 24.6 Å². The molecule has 19 heavy (non-hydrogen) atoms. The van der Waals surface area contributed by atoms with Crippen molar-refractivity contribution in [2.75, 3.05) is 18.9 Å². The zero-order valence-electron chi connectivity index (χ0n) is 11.5. The van der Waals surface area contributed by atoms with E-state index in [1.165, 1.54) is 12.8 Å². The summed E-state index contributed by atoms with van der Waals surface area (Å²) in [5.41, 5.74) is 7.93. The van der Waals surface area contributed by atoms with E-state index in [2.05, 4.69) is 10.6 Å². The van der Waals surface area contributed by atoms with Gasteiger partial charge in [-0.3, -0.25) is 4.79 Å². The van der Waals surface area contributed by atoms with E-state index in [0.29, 0.717) is 18.4 Å². The molecule has 1 amide bonds. The van der Waals surface area contributed by atoms with E-state index >= 15 is 0 Å². The molecular weight excluding hydrogens is 238 g/mol. The monoisotopic (exact) mass is 261 g/mol. The zero-order chi connectivity index (χ0) is 13.7. The number of carbonyl (C=O) groups excluding carboxylic acids is 1. The molecule has 4 N–H and O–H groups in total. The molecule has 0 spiro atoms. The molecule has 1 aliphatic rings. The fourth-order valence-corrected chi connectivity index (χ4v) is 2.79.